The number of hydrogen-bond acceptors (Lipinski definition) is 45. The van der Waals surface area contributed by atoms with E-state index in [0.29, 0.717) is 67.0 Å². The molecule has 0 radical (unpaired) electrons. The number of alkyl halides is 7. The zero-order valence-electron chi connectivity index (χ0n) is 75.7. The Kier molecular flexibility index (Phi) is 28.4. The summed E-state index contributed by atoms with van der Waals surface area (Å²) in [6.07, 6.45) is -7.80. The largest absolute Gasteiger partial charge is 0.479 e. The molecule has 0 unspecified atom stereocenters. The van der Waals surface area contributed by atoms with Gasteiger partial charge in [0.2, 0.25) is 0 Å². The Labute approximate surface area is 773 Å². The highest BCUT2D eigenvalue weighted by atomic mass is 19.2. The number of aromatic nitrogens is 28. The van der Waals surface area contributed by atoms with Gasteiger partial charge >= 0.3 is 17.9 Å². The van der Waals surface area contributed by atoms with Crippen molar-refractivity contribution in [1.82, 2.24) is 137 Å². The van der Waals surface area contributed by atoms with Gasteiger partial charge in [0, 0.05) is 29.6 Å². The predicted octanol–water partition coefficient (Wildman–Crippen LogP) is 1.23. The number of fused-ring (bicyclic) bond motifs is 7. The summed E-state index contributed by atoms with van der Waals surface area (Å²) in [5.41, 5.74) is 44.6. The Morgan fingerprint density at radius 2 is 0.551 bits per heavy atom. The Bertz CT molecular complexity index is 6390. The molecule has 0 spiro atoms. The molecule has 7 fully saturated rings. The van der Waals surface area contributed by atoms with Crippen molar-refractivity contribution < 1.29 is 121 Å². The molecule has 0 amide bonds. The number of nitrogen functional groups attached to an aromatic ring is 7. The van der Waals surface area contributed by atoms with Crippen LogP contribution in [0.4, 0.5) is 71.5 Å². The third-order valence-electron chi connectivity index (χ3n) is 24.1. The quantitative estimate of drug-likeness (QED) is 0.0538. The molecule has 14 aromatic heterocycles. The number of ether oxygens (including phenoxy) is 9. The standard InChI is InChI=1S/C12H14FN5O3.C12H16FN5O.C11H12FN5O4.C11H12FN5O3.2C11H14FN5O2.C10H12FN5O3/c1-5-6(13)11(21-8(5)12(19)20-2)18-4-17-7-9(14)15-3-16-10(7)18;1-3-7-6(2)8(13)12(19-7)18-5-17-9-10(14)15-4-16-11(9)18;1-20-11(19)7-6(18)4(12)10(21-7)17-3-16-5-8(13)14-2-15-9(5)17;1-4-5(12)10(20-7(4)11(18)19)17-3-16-6-8(13)14-2-15-9(6)17;2*1-5-6(2-18)19-11(7(5)12)17-4-16-8-9(13)14-3-15-10(8)17;11-5-7(18)4(1-17)19-10(5)16-3-15-6-8(12)13-2-14-9(6)16/h3-6,8,11H,1-2H3,(H2,14,15,16);4-8,12H,3H2,1-2H3,(H2,14,15,16);2-4,6-7,10,18H,1H3,(H2,13,14,15);2-5,7,10H,1H3,(H,18,19)(H2,13,14,15);2*3-7,11,18H,2H2,1H3,(H2,13,14,15);2-5,7,10,17-18H,1H2,(H2,12,13,14)/t5-,6+,8-,11+;6-,7-,8-,12-;4-,6+,7+,10-;4-,5+,7-,10+;2*5-,6-,7-,11-;4-,5-,7-,10-/m0110111/s1/i;;;;2D2;;. The van der Waals surface area contributed by atoms with Crippen LogP contribution in [0, 0.1) is 29.6 Å². The van der Waals surface area contributed by atoms with E-state index in [4.69, 9.17) is 91.4 Å². The molecule has 60 heteroatoms. The van der Waals surface area contributed by atoms with Crippen LogP contribution in [0.5, 0.6) is 0 Å². The SMILES string of the molecule is CC[C@H]1O[C@@H](n2cnc3c(N)ncnc32)[C@H](F)[C@@H]1C.COC(=O)[C@H]1O[C@@H](n2cnc3c(N)ncnc32)[C@H](F)[C@@H]1C.COC(=O)[C@H]1O[C@@H](n2cnc3c(N)ncnc32)[C@H](F)[C@@H]1O.C[C@H]1[C@@H](F)[C@H](n2cnc3c(N)ncnc32)O[C@@H]1C(=O)O.C[C@H]1[C@@H](F)[C@H](n2cnc3c(N)ncnc32)O[C@@H]1CO.Nc1ncnc2c1ncn2[C@@H]1O[C@H](CO)[C@@H](O)[C@H]1F.[2H]C([2H])(O)[C@H]1O[C@@H](n2cnc3c(N)ncnc32)[C@H](F)[C@@H]1C. The molecule has 28 atom stereocenters. The second-order valence-electron chi connectivity index (χ2n) is 32.2. The predicted molar refractivity (Wildman–Crippen MR) is 461 cm³/mol. The molecule has 0 aliphatic carbocycles. The minimum Gasteiger partial charge on any atom is -0.479 e. The molecule has 0 saturated carbocycles. The summed E-state index contributed by atoms with van der Waals surface area (Å²) in [7, 11) is 2.36. The van der Waals surface area contributed by atoms with Crippen molar-refractivity contribution in [3.63, 3.8) is 0 Å². The number of aliphatic hydroxyl groups excluding tert-OH is 4. The van der Waals surface area contributed by atoms with Crippen LogP contribution in [0.1, 0.15) is 94.3 Å². The van der Waals surface area contributed by atoms with Crippen LogP contribution >= 0.6 is 0 Å². The lowest BCUT2D eigenvalue weighted by Gasteiger charge is -2.15. The molecule has 21 rings (SSSR count). The van der Waals surface area contributed by atoms with E-state index in [-0.39, 0.29) is 70.5 Å². The molecule has 0 aromatic carbocycles. The number of carboxylic acids is 1. The third-order valence-corrected chi connectivity index (χ3v) is 24.1. The van der Waals surface area contributed by atoms with E-state index < -0.39 is 190 Å². The van der Waals surface area contributed by atoms with Gasteiger partial charge in [-0.25, -0.2) is 150 Å². The van der Waals surface area contributed by atoms with Crippen LogP contribution in [0.2, 0.25) is 0 Å². The maximum absolute atomic E-state index is 14.5. The van der Waals surface area contributed by atoms with Crippen LogP contribution in [-0.4, -0.2) is 317 Å². The fraction of sp³-hybridized carbons (Fsp3) is 0.513. The average molecular weight is 1940 g/mol. The maximum atomic E-state index is 14.5. The summed E-state index contributed by atoms with van der Waals surface area (Å²) in [6, 6.07) is 0. The molecule has 7 saturated heterocycles. The molecule has 20 N–H and O–H groups in total. The van der Waals surface area contributed by atoms with E-state index in [9.17, 15) is 60.4 Å². The number of imidazole rings is 7. The van der Waals surface area contributed by atoms with Crippen LogP contribution in [0.3, 0.4) is 0 Å². The van der Waals surface area contributed by atoms with E-state index in [2.05, 4.69) is 114 Å². The van der Waals surface area contributed by atoms with E-state index in [0.717, 1.165) is 13.5 Å². The Morgan fingerprint density at radius 3 is 0.804 bits per heavy atom. The fourth-order valence-electron chi connectivity index (χ4n) is 16.2. The van der Waals surface area contributed by atoms with Crippen molar-refractivity contribution in [2.24, 2.45) is 29.6 Å². The van der Waals surface area contributed by atoms with Gasteiger partial charge in [-0.15, -0.1) is 0 Å². The highest BCUT2D eigenvalue weighted by Crippen LogP contribution is 2.45. The number of carboxylic acid groups (broad SMARTS) is 1. The lowest BCUT2D eigenvalue weighted by atomic mass is 10.00. The van der Waals surface area contributed by atoms with Crippen LogP contribution in [0.15, 0.2) is 88.6 Å². The molecule has 21 heterocycles. The van der Waals surface area contributed by atoms with Gasteiger partial charge in [-0.1, -0.05) is 41.5 Å². The summed E-state index contributed by atoms with van der Waals surface area (Å²) in [6.45, 7) is 6.79. The van der Waals surface area contributed by atoms with Crippen LogP contribution in [-0.2, 0) is 57.0 Å². The van der Waals surface area contributed by atoms with Crippen molar-refractivity contribution in [3.05, 3.63) is 88.6 Å². The minimum atomic E-state index is -2.64. The van der Waals surface area contributed by atoms with Crippen molar-refractivity contribution in [2.45, 2.75) is 190 Å². The first-order valence-electron chi connectivity index (χ1n) is 43.1. The van der Waals surface area contributed by atoms with Gasteiger partial charge in [0.1, 0.15) is 101 Å². The first-order chi connectivity index (χ1) is 66.8. The monoisotopic (exact) mass is 1940 g/mol. The van der Waals surface area contributed by atoms with E-state index in [1.807, 2.05) is 13.8 Å². The fourth-order valence-corrected chi connectivity index (χ4v) is 16.2. The van der Waals surface area contributed by atoms with Gasteiger partial charge < -0.3 is 113 Å². The van der Waals surface area contributed by atoms with Crippen LogP contribution in [0.25, 0.3) is 78.1 Å². The summed E-state index contributed by atoms with van der Waals surface area (Å²) >= 11 is 0. The summed E-state index contributed by atoms with van der Waals surface area (Å²) in [4.78, 5) is 117. The highest BCUT2D eigenvalue weighted by Gasteiger charge is 2.53. The maximum Gasteiger partial charge on any atom is 0.337 e. The summed E-state index contributed by atoms with van der Waals surface area (Å²) < 4.78 is 171. The first-order valence-corrected chi connectivity index (χ1v) is 42.1. The molecule has 738 valence electrons. The number of aliphatic carboxylic acids is 1. The topological polar surface area (TPSA) is 743 Å². The smallest absolute Gasteiger partial charge is 0.337 e. The Morgan fingerprint density at radius 1 is 0.326 bits per heavy atom. The number of nitrogens with two attached hydrogens (primary N) is 7. The molecule has 53 nitrogen and oxygen atoms in total. The van der Waals surface area contributed by atoms with Crippen molar-refractivity contribution in [2.75, 3.05) is 74.1 Å². The molecule has 7 aliphatic heterocycles. The Hall–Kier alpha value is -14.1. The average Bonchev–Trinajstić information content (AvgIpc) is 1.62. The molecular formula is C78H94F7N35O18. The lowest BCUT2D eigenvalue weighted by Crippen LogP contribution is -2.35. The van der Waals surface area contributed by atoms with Crippen molar-refractivity contribution in [3.8, 4) is 0 Å². The summed E-state index contributed by atoms with van der Waals surface area (Å²) in [5, 5.41) is 56.0. The van der Waals surface area contributed by atoms with E-state index in [1.165, 1.54) is 137 Å². The number of methoxy groups -OCH3 is 2. The minimum absolute atomic E-state index is 0.0864. The highest BCUT2D eigenvalue weighted by molar-refractivity contribution is 5.86. The van der Waals surface area contributed by atoms with Crippen molar-refractivity contribution >= 4 is 137 Å². The molecule has 7 aliphatic rings. The number of rotatable bonds is 14. The number of aliphatic hydroxyl groups is 5. The number of carbonyl (C=O) groups is 3. The second-order valence-corrected chi connectivity index (χ2v) is 32.2. The molecular weight excluding hydrogens is 1850 g/mol. The number of esters is 2. The first kappa shape index (κ1) is 95.6. The molecule has 138 heavy (non-hydrogen) atoms. The van der Waals surface area contributed by atoms with Gasteiger partial charge in [0.25, 0.3) is 0 Å². The van der Waals surface area contributed by atoms with Gasteiger partial charge in [-0.2, -0.15) is 0 Å². The second kappa shape index (κ2) is 41.1. The van der Waals surface area contributed by atoms with E-state index in [1.54, 1.807) is 18.4 Å². The summed E-state index contributed by atoms with van der Waals surface area (Å²) in [5.74, 6) is -4.06. The van der Waals surface area contributed by atoms with E-state index >= 15 is 0 Å². The molecule has 14 aromatic rings. The number of nitrogens with zero attached hydrogens (tertiary/aromatic N) is 28. The third kappa shape index (κ3) is 18.4. The zero-order valence-corrected chi connectivity index (χ0v) is 73.7. The van der Waals surface area contributed by atoms with Gasteiger partial charge in [-0.3, -0.25) is 32.0 Å². The lowest BCUT2D eigenvalue weighted by molar-refractivity contribution is -0.159. The Balaban J connectivity index is 0.000000124. The number of carbonyl (C=O) groups excluding carboxylic acids is 2. The van der Waals surface area contributed by atoms with Gasteiger partial charge in [0.15, 0.2) is 185 Å². The number of anilines is 7. The normalized spacial score (nSPS) is 30.6. The zero-order chi connectivity index (χ0) is 101. The van der Waals surface area contributed by atoms with Crippen molar-refractivity contribution in [1.29, 1.82) is 0 Å². The number of hydrogen-bond donors (Lipinski definition) is 13. The van der Waals surface area contributed by atoms with Gasteiger partial charge in [0.05, 0.1) is 99.3 Å². The number of halogens is 7. The van der Waals surface area contributed by atoms with Gasteiger partial charge in [-0.05, 0) is 6.42 Å². The molecule has 0 bridgehead atoms. The van der Waals surface area contributed by atoms with Crippen LogP contribution < -0.4 is 40.1 Å².